The molecule has 1 aromatic rings. The number of nitrogens with one attached hydrogen (secondary N) is 1. The minimum atomic E-state index is -0.0641. The van der Waals surface area contributed by atoms with Crippen LogP contribution in [0.1, 0.15) is 25.5 Å². The molecule has 0 aliphatic carbocycles. The predicted octanol–water partition coefficient (Wildman–Crippen LogP) is 1.79. The Hall–Kier alpha value is -1.30. The molecule has 5 nitrogen and oxygen atoms in total. The van der Waals surface area contributed by atoms with Crippen LogP contribution < -0.4 is 14.8 Å². The molecular weight excluding hydrogens is 268 g/mol. The molecule has 0 saturated carbocycles. The van der Waals surface area contributed by atoms with Gasteiger partial charge in [-0.1, -0.05) is 6.07 Å². The fourth-order valence-electron chi connectivity index (χ4n) is 3.02. The van der Waals surface area contributed by atoms with Crippen molar-refractivity contribution in [2.45, 2.75) is 25.5 Å². The Morgan fingerprint density at radius 2 is 2.10 bits per heavy atom. The normalized spacial score (nSPS) is 22.2. The van der Waals surface area contributed by atoms with Crippen LogP contribution in [0.5, 0.6) is 11.5 Å². The number of benzene rings is 1. The number of hydrogen-bond acceptors (Lipinski definition) is 5. The highest BCUT2D eigenvalue weighted by Crippen LogP contribution is 2.34. The predicted molar refractivity (Wildman–Crippen MR) is 80.8 cm³/mol. The topological polar surface area (TPSA) is 43.0 Å². The van der Waals surface area contributed by atoms with Crippen molar-refractivity contribution in [1.29, 1.82) is 0 Å². The number of hydrogen-bond donors (Lipinski definition) is 1. The second-order valence-electron chi connectivity index (χ2n) is 6.30. The van der Waals surface area contributed by atoms with Crippen LogP contribution in [0.2, 0.25) is 0 Å². The number of ether oxygens (including phenoxy) is 3. The lowest BCUT2D eigenvalue weighted by Gasteiger charge is -2.39. The van der Waals surface area contributed by atoms with Crippen LogP contribution >= 0.6 is 0 Å². The molecule has 2 aliphatic rings. The van der Waals surface area contributed by atoms with Crippen molar-refractivity contribution in [3.05, 3.63) is 23.8 Å². The Bertz CT molecular complexity index is 504. The SMILES string of the molecule is CNC(CN1CCOC(C)(C)C1)c1ccc2c(c1)OCO2. The molecule has 5 heteroatoms. The Balaban J connectivity index is 1.70. The number of likely N-dealkylation sites (N-methyl/N-ethyl adjacent to an activating group) is 1. The van der Waals surface area contributed by atoms with Gasteiger partial charge in [-0.3, -0.25) is 4.90 Å². The zero-order valence-electron chi connectivity index (χ0n) is 13.0. The summed E-state index contributed by atoms with van der Waals surface area (Å²) in [7, 11) is 2.00. The fourth-order valence-corrected chi connectivity index (χ4v) is 3.02. The number of nitrogens with zero attached hydrogens (tertiary/aromatic N) is 1. The second kappa shape index (κ2) is 5.83. The number of morpholine rings is 1. The van der Waals surface area contributed by atoms with Gasteiger partial charge >= 0.3 is 0 Å². The molecule has 3 rings (SSSR count). The van der Waals surface area contributed by atoms with Crippen molar-refractivity contribution < 1.29 is 14.2 Å². The molecule has 2 heterocycles. The molecule has 1 aromatic carbocycles. The van der Waals surface area contributed by atoms with Gasteiger partial charge in [0.1, 0.15) is 0 Å². The van der Waals surface area contributed by atoms with E-state index in [9.17, 15) is 0 Å². The first-order valence-electron chi connectivity index (χ1n) is 7.50. The smallest absolute Gasteiger partial charge is 0.231 e. The lowest BCUT2D eigenvalue weighted by molar-refractivity contribution is -0.0875. The van der Waals surface area contributed by atoms with E-state index in [-0.39, 0.29) is 11.6 Å². The molecule has 21 heavy (non-hydrogen) atoms. The average molecular weight is 292 g/mol. The molecule has 116 valence electrons. The van der Waals surface area contributed by atoms with Crippen LogP contribution in [0, 0.1) is 0 Å². The molecule has 1 N–H and O–H groups in total. The highest BCUT2D eigenvalue weighted by Gasteiger charge is 2.28. The zero-order chi connectivity index (χ0) is 14.9. The van der Waals surface area contributed by atoms with E-state index in [2.05, 4.69) is 36.2 Å². The Labute approximate surface area is 126 Å². The fraction of sp³-hybridized carbons (Fsp3) is 0.625. The van der Waals surface area contributed by atoms with Gasteiger partial charge in [-0.05, 0) is 38.6 Å². The van der Waals surface area contributed by atoms with Crippen LogP contribution in [0.25, 0.3) is 0 Å². The van der Waals surface area contributed by atoms with Gasteiger partial charge < -0.3 is 19.5 Å². The summed E-state index contributed by atoms with van der Waals surface area (Å²) in [6, 6.07) is 6.45. The van der Waals surface area contributed by atoms with E-state index in [4.69, 9.17) is 14.2 Å². The quantitative estimate of drug-likeness (QED) is 0.916. The minimum absolute atomic E-state index is 0.0641. The highest BCUT2D eigenvalue weighted by atomic mass is 16.7. The van der Waals surface area contributed by atoms with Crippen molar-refractivity contribution in [2.24, 2.45) is 0 Å². The van der Waals surface area contributed by atoms with Gasteiger partial charge in [-0.15, -0.1) is 0 Å². The summed E-state index contributed by atoms with van der Waals surface area (Å²) < 4.78 is 16.6. The van der Waals surface area contributed by atoms with Crippen LogP contribution in [0.4, 0.5) is 0 Å². The van der Waals surface area contributed by atoms with Gasteiger partial charge in [-0.25, -0.2) is 0 Å². The van der Waals surface area contributed by atoms with E-state index in [1.807, 2.05) is 13.1 Å². The molecular formula is C16H24N2O3. The van der Waals surface area contributed by atoms with E-state index in [1.165, 1.54) is 5.56 Å². The molecule has 1 unspecified atom stereocenters. The lowest BCUT2D eigenvalue weighted by Crippen LogP contribution is -2.50. The van der Waals surface area contributed by atoms with Gasteiger partial charge in [0.05, 0.1) is 12.2 Å². The summed E-state index contributed by atoms with van der Waals surface area (Å²) in [6.07, 6.45) is 0. The average Bonchev–Trinajstić information content (AvgIpc) is 2.91. The van der Waals surface area contributed by atoms with Gasteiger partial charge in [0.15, 0.2) is 11.5 Å². The molecule has 1 atom stereocenters. The first-order chi connectivity index (χ1) is 10.1. The van der Waals surface area contributed by atoms with Crippen molar-refractivity contribution in [3.63, 3.8) is 0 Å². The summed E-state index contributed by atoms with van der Waals surface area (Å²) in [5.41, 5.74) is 1.16. The maximum Gasteiger partial charge on any atom is 0.231 e. The van der Waals surface area contributed by atoms with E-state index in [1.54, 1.807) is 0 Å². The number of fused-ring (bicyclic) bond motifs is 1. The third-order valence-corrected chi connectivity index (χ3v) is 4.09. The molecule has 1 fully saturated rings. The molecule has 0 spiro atoms. The summed E-state index contributed by atoms with van der Waals surface area (Å²) in [6.45, 7) is 8.30. The molecule has 0 aromatic heterocycles. The largest absolute Gasteiger partial charge is 0.454 e. The maximum absolute atomic E-state index is 5.78. The zero-order valence-corrected chi connectivity index (χ0v) is 13.0. The standard InChI is InChI=1S/C16H24N2O3/c1-16(2)10-18(6-7-21-16)9-13(17-3)12-4-5-14-15(8-12)20-11-19-14/h4-5,8,13,17H,6-7,9-11H2,1-3H3. The van der Waals surface area contributed by atoms with E-state index in [0.29, 0.717) is 6.79 Å². The highest BCUT2D eigenvalue weighted by molar-refractivity contribution is 5.45. The summed E-state index contributed by atoms with van der Waals surface area (Å²) >= 11 is 0. The second-order valence-corrected chi connectivity index (χ2v) is 6.30. The minimum Gasteiger partial charge on any atom is -0.454 e. The first kappa shape index (κ1) is 14.6. The van der Waals surface area contributed by atoms with E-state index in [0.717, 1.165) is 37.7 Å². The summed E-state index contributed by atoms with van der Waals surface area (Å²) in [5.74, 6) is 1.68. The van der Waals surface area contributed by atoms with E-state index < -0.39 is 0 Å². The number of rotatable bonds is 4. The first-order valence-corrected chi connectivity index (χ1v) is 7.50. The summed E-state index contributed by atoms with van der Waals surface area (Å²) in [4.78, 5) is 2.45. The monoisotopic (exact) mass is 292 g/mol. The van der Waals surface area contributed by atoms with Crippen molar-refractivity contribution in [1.82, 2.24) is 10.2 Å². The van der Waals surface area contributed by atoms with Crippen LogP contribution in [0.3, 0.4) is 0 Å². The Morgan fingerprint density at radius 3 is 2.86 bits per heavy atom. The molecule has 2 aliphatic heterocycles. The van der Waals surface area contributed by atoms with Crippen LogP contribution in [-0.2, 0) is 4.74 Å². The van der Waals surface area contributed by atoms with Crippen molar-refractivity contribution in [3.8, 4) is 11.5 Å². The molecule has 0 amide bonds. The third kappa shape index (κ3) is 3.31. The van der Waals surface area contributed by atoms with Gasteiger partial charge in [0.2, 0.25) is 6.79 Å². The van der Waals surface area contributed by atoms with Gasteiger partial charge in [-0.2, -0.15) is 0 Å². The van der Waals surface area contributed by atoms with Crippen molar-refractivity contribution >= 4 is 0 Å². The van der Waals surface area contributed by atoms with E-state index >= 15 is 0 Å². The molecule has 1 saturated heterocycles. The lowest BCUT2D eigenvalue weighted by atomic mass is 10.0. The Morgan fingerprint density at radius 1 is 1.29 bits per heavy atom. The summed E-state index contributed by atoms with van der Waals surface area (Å²) in [5, 5.41) is 3.41. The van der Waals surface area contributed by atoms with Gasteiger partial charge in [0, 0.05) is 25.7 Å². The van der Waals surface area contributed by atoms with Crippen LogP contribution in [0.15, 0.2) is 18.2 Å². The van der Waals surface area contributed by atoms with Gasteiger partial charge in [0.25, 0.3) is 0 Å². The van der Waals surface area contributed by atoms with Crippen LogP contribution in [-0.4, -0.2) is 50.6 Å². The Kier molecular flexibility index (Phi) is 4.06. The van der Waals surface area contributed by atoms with Crippen molar-refractivity contribution in [2.75, 3.05) is 40.1 Å². The molecule has 0 bridgehead atoms. The maximum atomic E-state index is 5.78. The molecule has 0 radical (unpaired) electrons. The third-order valence-electron chi connectivity index (χ3n) is 4.09.